The molecular weight excluding hydrogens is 388 g/mol. The maximum absolute atomic E-state index is 13.2. The first kappa shape index (κ1) is 21.2. The van der Waals surface area contributed by atoms with Gasteiger partial charge in [-0.05, 0) is 36.0 Å². The van der Waals surface area contributed by atoms with E-state index in [2.05, 4.69) is 18.2 Å². The zero-order chi connectivity index (χ0) is 21.8. The largest absolute Gasteiger partial charge is 0.496 e. The van der Waals surface area contributed by atoms with Gasteiger partial charge in [-0.15, -0.1) is 0 Å². The summed E-state index contributed by atoms with van der Waals surface area (Å²) in [6.45, 7) is 1.16. The Morgan fingerprint density at radius 1 is 1.06 bits per heavy atom. The highest BCUT2D eigenvalue weighted by Gasteiger charge is 2.36. The molecule has 5 nitrogen and oxygen atoms in total. The summed E-state index contributed by atoms with van der Waals surface area (Å²) in [6, 6.07) is 15.5. The topological polar surface area (TPSA) is 49.9 Å². The Bertz CT molecular complexity index is 984. The summed E-state index contributed by atoms with van der Waals surface area (Å²) >= 11 is 0. The van der Waals surface area contributed by atoms with Crippen LogP contribution in [-0.2, 0) is 16.0 Å². The van der Waals surface area contributed by atoms with E-state index in [9.17, 15) is 9.59 Å². The summed E-state index contributed by atoms with van der Waals surface area (Å²) in [5.74, 6) is 1.18. The Labute approximate surface area is 184 Å². The Morgan fingerprint density at radius 3 is 2.55 bits per heavy atom. The van der Waals surface area contributed by atoms with E-state index in [-0.39, 0.29) is 11.8 Å². The molecule has 0 saturated carbocycles. The summed E-state index contributed by atoms with van der Waals surface area (Å²) in [5, 5.41) is 0. The van der Waals surface area contributed by atoms with Crippen LogP contribution in [0.1, 0.15) is 24.8 Å². The van der Waals surface area contributed by atoms with E-state index in [1.807, 2.05) is 54.4 Å². The predicted molar refractivity (Wildman–Crippen MR) is 122 cm³/mol. The van der Waals surface area contributed by atoms with E-state index in [0.29, 0.717) is 31.8 Å². The summed E-state index contributed by atoms with van der Waals surface area (Å²) in [6.07, 6.45) is 7.32. The molecule has 2 atom stereocenters. The molecular formula is C26H30N2O3. The summed E-state index contributed by atoms with van der Waals surface area (Å²) < 4.78 is 5.57. The van der Waals surface area contributed by atoms with Crippen molar-refractivity contribution in [2.24, 2.45) is 5.92 Å². The van der Waals surface area contributed by atoms with Crippen LogP contribution < -0.4 is 4.74 Å². The molecule has 1 aliphatic carbocycles. The zero-order valence-corrected chi connectivity index (χ0v) is 18.3. The monoisotopic (exact) mass is 418 g/mol. The molecule has 5 heteroatoms. The quantitative estimate of drug-likeness (QED) is 0.668. The van der Waals surface area contributed by atoms with Crippen molar-refractivity contribution < 1.29 is 14.3 Å². The number of amides is 2. The van der Waals surface area contributed by atoms with Crippen molar-refractivity contribution in [2.45, 2.75) is 31.7 Å². The van der Waals surface area contributed by atoms with Crippen molar-refractivity contribution in [3.8, 4) is 16.9 Å². The van der Waals surface area contributed by atoms with Gasteiger partial charge < -0.3 is 14.5 Å². The fourth-order valence-electron chi connectivity index (χ4n) is 4.65. The normalized spacial score (nSPS) is 20.9. The molecule has 1 fully saturated rings. The van der Waals surface area contributed by atoms with Crippen molar-refractivity contribution >= 4 is 11.8 Å². The number of nitrogens with zero attached hydrogens (tertiary/aromatic N) is 2. The van der Waals surface area contributed by atoms with Crippen LogP contribution in [0.25, 0.3) is 11.1 Å². The lowest BCUT2D eigenvalue weighted by Gasteiger charge is -2.40. The highest BCUT2D eigenvalue weighted by Crippen LogP contribution is 2.33. The number of allylic oxidation sites excluding steroid dienone is 2. The van der Waals surface area contributed by atoms with Gasteiger partial charge in [-0.1, -0.05) is 54.6 Å². The number of piperazine rings is 1. The Balaban J connectivity index is 1.63. The van der Waals surface area contributed by atoms with Crippen LogP contribution in [0, 0.1) is 5.92 Å². The third-order valence-electron chi connectivity index (χ3n) is 6.41. The number of hydrogen-bond donors (Lipinski definition) is 0. The lowest BCUT2D eigenvalue weighted by molar-refractivity contribution is -0.150. The highest BCUT2D eigenvalue weighted by atomic mass is 16.5. The molecule has 0 unspecified atom stereocenters. The second kappa shape index (κ2) is 9.38. The Hall–Kier alpha value is -3.08. The van der Waals surface area contributed by atoms with Gasteiger partial charge in [0.25, 0.3) is 0 Å². The number of hydrogen-bond acceptors (Lipinski definition) is 3. The van der Waals surface area contributed by atoms with Crippen molar-refractivity contribution in [3.63, 3.8) is 0 Å². The molecule has 0 N–H and O–H groups in total. The molecule has 1 aliphatic heterocycles. The number of carbonyl (C=O) groups is 2. The molecule has 31 heavy (non-hydrogen) atoms. The predicted octanol–water partition coefficient (Wildman–Crippen LogP) is 3.93. The van der Waals surface area contributed by atoms with E-state index in [1.54, 1.807) is 12.0 Å². The molecule has 2 aliphatic rings. The van der Waals surface area contributed by atoms with Crippen molar-refractivity contribution in [1.29, 1.82) is 0 Å². The first-order chi connectivity index (χ1) is 15.1. The molecule has 162 valence electrons. The molecule has 2 amide bonds. The van der Waals surface area contributed by atoms with Crippen molar-refractivity contribution in [2.75, 3.05) is 27.2 Å². The maximum Gasteiger partial charge on any atom is 0.245 e. The molecule has 2 aromatic carbocycles. The van der Waals surface area contributed by atoms with Gasteiger partial charge in [0, 0.05) is 38.5 Å². The number of para-hydroxylation sites is 1. The number of rotatable bonds is 6. The van der Waals surface area contributed by atoms with E-state index >= 15 is 0 Å². The minimum absolute atomic E-state index is 0.0105. The first-order valence-corrected chi connectivity index (χ1v) is 11.0. The second-order valence-corrected chi connectivity index (χ2v) is 8.39. The summed E-state index contributed by atoms with van der Waals surface area (Å²) in [7, 11) is 3.49. The SMILES string of the molecule is COc1ccccc1-c1ccccc1C[C@@H]1C(=O)N(C)CCN1C(=O)C[C@@H]1C=CCC1. The van der Waals surface area contributed by atoms with Gasteiger partial charge in [-0.3, -0.25) is 9.59 Å². The maximum atomic E-state index is 13.2. The average molecular weight is 419 g/mol. The van der Waals surface area contributed by atoms with Gasteiger partial charge in [0.05, 0.1) is 7.11 Å². The smallest absolute Gasteiger partial charge is 0.245 e. The number of ether oxygens (including phenoxy) is 1. The lowest BCUT2D eigenvalue weighted by Crippen LogP contribution is -2.58. The van der Waals surface area contributed by atoms with Crippen LogP contribution in [0.5, 0.6) is 5.75 Å². The number of benzene rings is 2. The summed E-state index contributed by atoms with van der Waals surface area (Å²) in [4.78, 5) is 29.9. The highest BCUT2D eigenvalue weighted by molar-refractivity contribution is 5.89. The van der Waals surface area contributed by atoms with Crippen molar-refractivity contribution in [1.82, 2.24) is 9.80 Å². The zero-order valence-electron chi connectivity index (χ0n) is 18.3. The summed E-state index contributed by atoms with van der Waals surface area (Å²) in [5.41, 5.74) is 3.07. The van der Waals surface area contributed by atoms with Crippen LogP contribution in [0.3, 0.4) is 0 Å². The molecule has 1 heterocycles. The molecule has 0 radical (unpaired) electrons. The standard InChI is InChI=1S/C26H30N2O3/c1-27-15-16-28(25(29)17-19-9-3-4-10-19)23(26(27)30)18-20-11-5-6-12-21(20)22-13-7-8-14-24(22)31-2/h3,5-9,11-14,19,23H,4,10,15-18H2,1-2H3/t19-,23-/m1/s1. The fraction of sp³-hybridized carbons (Fsp3) is 0.385. The van der Waals surface area contributed by atoms with Gasteiger partial charge in [0.15, 0.2) is 0 Å². The number of methoxy groups -OCH3 is 1. The Morgan fingerprint density at radius 2 is 1.81 bits per heavy atom. The van der Waals surface area contributed by atoms with Gasteiger partial charge in [-0.2, -0.15) is 0 Å². The average Bonchev–Trinajstić information content (AvgIpc) is 3.30. The first-order valence-electron chi connectivity index (χ1n) is 11.0. The van der Waals surface area contributed by atoms with Crippen LogP contribution in [0.15, 0.2) is 60.7 Å². The van der Waals surface area contributed by atoms with Crippen molar-refractivity contribution in [3.05, 3.63) is 66.2 Å². The van der Waals surface area contributed by atoms with Crippen LogP contribution >= 0.6 is 0 Å². The molecule has 4 rings (SSSR count). The molecule has 2 aromatic rings. The van der Waals surface area contributed by atoms with Gasteiger partial charge in [-0.25, -0.2) is 0 Å². The molecule has 1 saturated heterocycles. The van der Waals surface area contributed by atoms with Gasteiger partial charge >= 0.3 is 0 Å². The number of likely N-dealkylation sites (N-methyl/N-ethyl adjacent to an activating group) is 1. The number of carbonyl (C=O) groups excluding carboxylic acids is 2. The third kappa shape index (κ3) is 4.50. The fourth-order valence-corrected chi connectivity index (χ4v) is 4.65. The molecule has 0 aromatic heterocycles. The Kier molecular flexibility index (Phi) is 6.40. The van der Waals surface area contributed by atoms with Gasteiger partial charge in [0.2, 0.25) is 11.8 Å². The van der Waals surface area contributed by atoms with E-state index < -0.39 is 6.04 Å². The van der Waals surface area contributed by atoms with E-state index in [4.69, 9.17) is 4.74 Å². The van der Waals surface area contributed by atoms with E-state index in [0.717, 1.165) is 35.3 Å². The lowest BCUT2D eigenvalue weighted by atomic mass is 9.92. The minimum atomic E-state index is -0.479. The van der Waals surface area contributed by atoms with E-state index in [1.165, 1.54) is 0 Å². The minimum Gasteiger partial charge on any atom is -0.496 e. The molecule has 0 bridgehead atoms. The molecule has 0 spiro atoms. The van der Waals surface area contributed by atoms with Crippen LogP contribution in [0.2, 0.25) is 0 Å². The second-order valence-electron chi connectivity index (χ2n) is 8.39. The third-order valence-corrected chi connectivity index (χ3v) is 6.41. The van der Waals surface area contributed by atoms with Gasteiger partial charge in [0.1, 0.15) is 11.8 Å². The van der Waals surface area contributed by atoms with Crippen LogP contribution in [-0.4, -0.2) is 54.9 Å². The van der Waals surface area contributed by atoms with Crippen LogP contribution in [0.4, 0.5) is 0 Å².